The maximum absolute atomic E-state index is 12.0. The molecule has 3 heteroatoms. The van der Waals surface area contributed by atoms with E-state index in [1.54, 1.807) is 0 Å². The SMILES string of the molecule is Cc1ccc(-c2ccc(CCC(=O)NCc3ccccc3)o2)cc1C. The van der Waals surface area contributed by atoms with Crippen LogP contribution in [0.25, 0.3) is 11.3 Å². The number of rotatable bonds is 6. The van der Waals surface area contributed by atoms with Crippen LogP contribution < -0.4 is 5.32 Å². The zero-order valence-corrected chi connectivity index (χ0v) is 14.7. The first kappa shape index (κ1) is 17.0. The molecule has 0 fully saturated rings. The fourth-order valence-electron chi connectivity index (χ4n) is 2.68. The van der Waals surface area contributed by atoms with Gasteiger partial charge in [0, 0.05) is 24.9 Å². The second kappa shape index (κ2) is 7.84. The third kappa shape index (κ3) is 4.60. The minimum absolute atomic E-state index is 0.0352. The van der Waals surface area contributed by atoms with Crippen LogP contribution in [-0.4, -0.2) is 5.91 Å². The molecule has 0 spiro atoms. The van der Waals surface area contributed by atoms with E-state index in [1.807, 2.05) is 42.5 Å². The average Bonchev–Trinajstić information content (AvgIpc) is 3.10. The lowest BCUT2D eigenvalue weighted by atomic mass is 10.1. The van der Waals surface area contributed by atoms with Gasteiger partial charge < -0.3 is 9.73 Å². The van der Waals surface area contributed by atoms with E-state index in [-0.39, 0.29) is 5.91 Å². The Bertz CT molecular complexity index is 849. The first-order valence-electron chi connectivity index (χ1n) is 8.59. The highest BCUT2D eigenvalue weighted by molar-refractivity contribution is 5.76. The number of hydrogen-bond acceptors (Lipinski definition) is 2. The summed E-state index contributed by atoms with van der Waals surface area (Å²) in [6.07, 6.45) is 1.03. The minimum Gasteiger partial charge on any atom is -0.461 e. The van der Waals surface area contributed by atoms with Gasteiger partial charge in [0.1, 0.15) is 11.5 Å². The van der Waals surface area contributed by atoms with Crippen LogP contribution in [0.1, 0.15) is 28.9 Å². The summed E-state index contributed by atoms with van der Waals surface area (Å²) in [5.41, 5.74) is 4.69. The first-order valence-corrected chi connectivity index (χ1v) is 8.59. The van der Waals surface area contributed by atoms with E-state index in [2.05, 4.69) is 37.4 Å². The van der Waals surface area contributed by atoms with Crippen molar-refractivity contribution in [2.75, 3.05) is 0 Å². The number of furan rings is 1. The second-order valence-corrected chi connectivity index (χ2v) is 6.33. The zero-order chi connectivity index (χ0) is 17.6. The highest BCUT2D eigenvalue weighted by Gasteiger charge is 2.08. The summed E-state index contributed by atoms with van der Waals surface area (Å²) in [5, 5.41) is 2.94. The third-order valence-electron chi connectivity index (χ3n) is 4.38. The molecular formula is C22H23NO2. The number of amides is 1. The van der Waals surface area contributed by atoms with Crippen molar-refractivity contribution in [3.05, 3.63) is 83.1 Å². The Morgan fingerprint density at radius 2 is 1.76 bits per heavy atom. The van der Waals surface area contributed by atoms with Crippen LogP contribution >= 0.6 is 0 Å². The average molecular weight is 333 g/mol. The van der Waals surface area contributed by atoms with Crippen LogP contribution in [0, 0.1) is 13.8 Å². The van der Waals surface area contributed by atoms with Crippen LogP contribution in [0.15, 0.2) is 65.1 Å². The minimum atomic E-state index is 0.0352. The Kier molecular flexibility index (Phi) is 5.34. The van der Waals surface area contributed by atoms with Gasteiger partial charge >= 0.3 is 0 Å². The lowest BCUT2D eigenvalue weighted by molar-refractivity contribution is -0.121. The predicted molar refractivity (Wildman–Crippen MR) is 100 cm³/mol. The molecule has 128 valence electrons. The molecule has 1 N–H and O–H groups in total. The summed E-state index contributed by atoms with van der Waals surface area (Å²) in [7, 11) is 0. The van der Waals surface area contributed by atoms with Crippen LogP contribution in [0.2, 0.25) is 0 Å². The molecule has 0 aliphatic rings. The third-order valence-corrected chi connectivity index (χ3v) is 4.38. The molecule has 0 atom stereocenters. The van der Waals surface area contributed by atoms with Gasteiger partial charge in [0.15, 0.2) is 0 Å². The van der Waals surface area contributed by atoms with Gasteiger partial charge in [0.05, 0.1) is 0 Å². The van der Waals surface area contributed by atoms with Gasteiger partial charge in [0.2, 0.25) is 5.91 Å². The molecule has 25 heavy (non-hydrogen) atoms. The van der Waals surface area contributed by atoms with E-state index in [1.165, 1.54) is 11.1 Å². The Labute approximate surface area is 148 Å². The fourth-order valence-corrected chi connectivity index (χ4v) is 2.68. The van der Waals surface area contributed by atoms with Crippen molar-refractivity contribution in [1.29, 1.82) is 0 Å². The highest BCUT2D eigenvalue weighted by Crippen LogP contribution is 2.24. The molecule has 3 rings (SSSR count). The Morgan fingerprint density at radius 1 is 0.960 bits per heavy atom. The predicted octanol–water partition coefficient (Wildman–Crippen LogP) is 4.81. The molecule has 0 aliphatic heterocycles. The molecule has 0 bridgehead atoms. The number of aryl methyl sites for hydroxylation is 3. The van der Waals surface area contributed by atoms with Crippen molar-refractivity contribution in [3.8, 4) is 11.3 Å². The van der Waals surface area contributed by atoms with E-state index >= 15 is 0 Å². The van der Waals surface area contributed by atoms with E-state index in [4.69, 9.17) is 4.42 Å². The maximum Gasteiger partial charge on any atom is 0.220 e. The number of benzene rings is 2. The summed E-state index contributed by atoms with van der Waals surface area (Å²) in [4.78, 5) is 12.0. The van der Waals surface area contributed by atoms with Gasteiger partial charge in [0.25, 0.3) is 0 Å². The number of nitrogens with one attached hydrogen (secondary N) is 1. The Balaban J connectivity index is 1.53. The molecule has 2 aromatic carbocycles. The van der Waals surface area contributed by atoms with Gasteiger partial charge in [-0.15, -0.1) is 0 Å². The summed E-state index contributed by atoms with van der Waals surface area (Å²) >= 11 is 0. The molecule has 1 aromatic heterocycles. The molecule has 3 aromatic rings. The maximum atomic E-state index is 12.0. The summed E-state index contributed by atoms with van der Waals surface area (Å²) in [6.45, 7) is 4.76. The Morgan fingerprint density at radius 3 is 2.52 bits per heavy atom. The molecule has 3 nitrogen and oxygen atoms in total. The van der Waals surface area contributed by atoms with Crippen LogP contribution in [0.3, 0.4) is 0 Å². The number of carbonyl (C=O) groups excluding carboxylic acids is 1. The van der Waals surface area contributed by atoms with Crippen LogP contribution in [0.4, 0.5) is 0 Å². The molecular weight excluding hydrogens is 310 g/mol. The topological polar surface area (TPSA) is 42.2 Å². The molecule has 0 unspecified atom stereocenters. The second-order valence-electron chi connectivity index (χ2n) is 6.33. The van der Waals surface area contributed by atoms with Crippen molar-refractivity contribution in [2.24, 2.45) is 0 Å². The van der Waals surface area contributed by atoms with E-state index < -0.39 is 0 Å². The fraction of sp³-hybridized carbons (Fsp3) is 0.227. The highest BCUT2D eigenvalue weighted by atomic mass is 16.3. The van der Waals surface area contributed by atoms with Crippen LogP contribution in [0.5, 0.6) is 0 Å². The van der Waals surface area contributed by atoms with Crippen molar-refractivity contribution in [3.63, 3.8) is 0 Å². The lowest BCUT2D eigenvalue weighted by Gasteiger charge is -2.05. The smallest absolute Gasteiger partial charge is 0.220 e. The normalized spacial score (nSPS) is 10.6. The van der Waals surface area contributed by atoms with Gasteiger partial charge in [-0.1, -0.05) is 42.5 Å². The van der Waals surface area contributed by atoms with Crippen molar-refractivity contribution in [2.45, 2.75) is 33.2 Å². The van der Waals surface area contributed by atoms with E-state index in [0.717, 1.165) is 22.6 Å². The lowest BCUT2D eigenvalue weighted by Crippen LogP contribution is -2.22. The number of hydrogen-bond donors (Lipinski definition) is 1. The first-order chi connectivity index (χ1) is 12.1. The van der Waals surface area contributed by atoms with E-state index in [0.29, 0.717) is 19.4 Å². The van der Waals surface area contributed by atoms with Crippen LogP contribution in [-0.2, 0) is 17.8 Å². The van der Waals surface area contributed by atoms with Crippen molar-refractivity contribution in [1.82, 2.24) is 5.32 Å². The largest absolute Gasteiger partial charge is 0.461 e. The van der Waals surface area contributed by atoms with Gasteiger partial charge in [-0.05, 0) is 48.7 Å². The summed E-state index contributed by atoms with van der Waals surface area (Å²) in [5.74, 6) is 1.72. The van der Waals surface area contributed by atoms with Gasteiger partial charge in [-0.3, -0.25) is 4.79 Å². The van der Waals surface area contributed by atoms with E-state index in [9.17, 15) is 4.79 Å². The molecule has 1 heterocycles. The quantitative estimate of drug-likeness (QED) is 0.703. The molecule has 0 saturated carbocycles. The summed E-state index contributed by atoms with van der Waals surface area (Å²) < 4.78 is 5.90. The standard InChI is InChI=1S/C22H23NO2/c1-16-8-9-19(14-17(16)2)21-12-10-20(25-21)11-13-22(24)23-15-18-6-4-3-5-7-18/h3-10,12,14H,11,13,15H2,1-2H3,(H,23,24). The Hall–Kier alpha value is -2.81. The molecule has 0 radical (unpaired) electrons. The summed E-state index contributed by atoms with van der Waals surface area (Å²) in [6, 6.07) is 20.1. The van der Waals surface area contributed by atoms with Gasteiger partial charge in [-0.2, -0.15) is 0 Å². The molecule has 0 saturated heterocycles. The van der Waals surface area contributed by atoms with Crippen molar-refractivity contribution >= 4 is 5.91 Å². The molecule has 0 aliphatic carbocycles. The number of carbonyl (C=O) groups is 1. The van der Waals surface area contributed by atoms with Crippen molar-refractivity contribution < 1.29 is 9.21 Å². The monoisotopic (exact) mass is 333 g/mol. The molecule has 1 amide bonds. The zero-order valence-electron chi connectivity index (χ0n) is 14.7. The van der Waals surface area contributed by atoms with Gasteiger partial charge in [-0.25, -0.2) is 0 Å².